The van der Waals surface area contributed by atoms with Crippen molar-refractivity contribution in [3.8, 4) is 5.75 Å². The van der Waals surface area contributed by atoms with E-state index in [-0.39, 0.29) is 24.5 Å². The molecule has 0 bridgehead atoms. The first-order valence-corrected chi connectivity index (χ1v) is 6.20. The van der Waals surface area contributed by atoms with Gasteiger partial charge in [-0.25, -0.2) is 9.18 Å². The number of ether oxygens (including phenoxy) is 1. The summed E-state index contributed by atoms with van der Waals surface area (Å²) in [5.41, 5.74) is -0.170. The van der Waals surface area contributed by atoms with Gasteiger partial charge in [-0.3, -0.25) is 0 Å². The molecule has 2 N–H and O–H groups in total. The average molecular weight is 306 g/mol. The van der Waals surface area contributed by atoms with Crippen molar-refractivity contribution in [2.75, 3.05) is 13.7 Å². The molecular formula is C13H17F3N2O3. The van der Waals surface area contributed by atoms with E-state index in [1.54, 1.807) is 6.92 Å². The van der Waals surface area contributed by atoms with Crippen LogP contribution in [-0.2, 0) is 6.54 Å². The molecule has 0 aromatic heterocycles. The molecule has 1 unspecified atom stereocenters. The topological polar surface area (TPSA) is 61.8 Å². The zero-order valence-corrected chi connectivity index (χ0v) is 11.6. The SMILES string of the molecule is CC(CO)N(C)C(=O)NCc1c(F)cccc1OC(F)F. The van der Waals surface area contributed by atoms with E-state index in [1.807, 2.05) is 0 Å². The normalized spacial score (nSPS) is 12.1. The Hall–Kier alpha value is -1.96. The Labute approximate surface area is 120 Å². The maximum Gasteiger partial charge on any atom is 0.387 e. The maximum absolute atomic E-state index is 13.6. The van der Waals surface area contributed by atoms with Crippen LogP contribution < -0.4 is 10.1 Å². The van der Waals surface area contributed by atoms with Gasteiger partial charge < -0.3 is 20.1 Å². The van der Waals surface area contributed by atoms with Gasteiger partial charge in [0, 0.05) is 12.6 Å². The molecule has 0 aliphatic heterocycles. The van der Waals surface area contributed by atoms with Crippen molar-refractivity contribution >= 4 is 6.03 Å². The molecule has 0 aliphatic rings. The van der Waals surface area contributed by atoms with Crippen LogP contribution in [0.4, 0.5) is 18.0 Å². The van der Waals surface area contributed by atoms with Crippen LogP contribution in [0, 0.1) is 5.82 Å². The van der Waals surface area contributed by atoms with E-state index in [9.17, 15) is 18.0 Å². The van der Waals surface area contributed by atoms with E-state index < -0.39 is 24.5 Å². The number of nitrogens with one attached hydrogen (secondary N) is 1. The number of aliphatic hydroxyl groups is 1. The van der Waals surface area contributed by atoms with Crippen molar-refractivity contribution in [2.24, 2.45) is 0 Å². The van der Waals surface area contributed by atoms with Gasteiger partial charge in [0.2, 0.25) is 0 Å². The van der Waals surface area contributed by atoms with Crippen LogP contribution in [0.5, 0.6) is 5.75 Å². The lowest BCUT2D eigenvalue weighted by Crippen LogP contribution is -2.43. The Morgan fingerprint density at radius 1 is 1.48 bits per heavy atom. The van der Waals surface area contributed by atoms with Gasteiger partial charge in [-0.05, 0) is 19.1 Å². The van der Waals surface area contributed by atoms with Crippen molar-refractivity contribution in [1.82, 2.24) is 10.2 Å². The van der Waals surface area contributed by atoms with Gasteiger partial charge in [-0.2, -0.15) is 8.78 Å². The third-order valence-corrected chi connectivity index (χ3v) is 2.95. The van der Waals surface area contributed by atoms with Gasteiger partial charge in [0.1, 0.15) is 11.6 Å². The number of urea groups is 1. The number of benzene rings is 1. The van der Waals surface area contributed by atoms with Crippen LogP contribution in [0.3, 0.4) is 0 Å². The Morgan fingerprint density at radius 3 is 2.71 bits per heavy atom. The lowest BCUT2D eigenvalue weighted by Gasteiger charge is -2.23. The molecular weight excluding hydrogens is 289 g/mol. The molecule has 1 rings (SSSR count). The summed E-state index contributed by atoms with van der Waals surface area (Å²) < 4.78 is 42.3. The highest BCUT2D eigenvalue weighted by atomic mass is 19.3. The van der Waals surface area contributed by atoms with Gasteiger partial charge in [-0.15, -0.1) is 0 Å². The minimum Gasteiger partial charge on any atom is -0.434 e. The van der Waals surface area contributed by atoms with Crippen molar-refractivity contribution < 1.29 is 27.8 Å². The average Bonchev–Trinajstić information content (AvgIpc) is 2.44. The second kappa shape index (κ2) is 7.72. The van der Waals surface area contributed by atoms with Gasteiger partial charge in [0.25, 0.3) is 0 Å². The minimum atomic E-state index is -3.08. The van der Waals surface area contributed by atoms with Crippen LogP contribution in [0.25, 0.3) is 0 Å². The first kappa shape index (κ1) is 17.1. The number of carbonyl (C=O) groups is 1. The highest BCUT2D eigenvalue weighted by molar-refractivity contribution is 5.74. The molecule has 0 aliphatic carbocycles. The maximum atomic E-state index is 13.6. The predicted molar refractivity (Wildman–Crippen MR) is 69.6 cm³/mol. The molecule has 118 valence electrons. The van der Waals surface area contributed by atoms with Crippen molar-refractivity contribution in [1.29, 1.82) is 0 Å². The number of alkyl halides is 2. The highest BCUT2D eigenvalue weighted by Gasteiger charge is 2.17. The zero-order chi connectivity index (χ0) is 16.0. The summed E-state index contributed by atoms with van der Waals surface area (Å²) in [5.74, 6) is -1.09. The summed E-state index contributed by atoms with van der Waals surface area (Å²) in [7, 11) is 1.45. The van der Waals surface area contributed by atoms with Crippen LogP contribution in [0.2, 0.25) is 0 Å². The minimum absolute atomic E-state index is 0.170. The Kier molecular flexibility index (Phi) is 6.29. The van der Waals surface area contributed by atoms with E-state index >= 15 is 0 Å². The van der Waals surface area contributed by atoms with Crippen molar-refractivity contribution in [3.63, 3.8) is 0 Å². The quantitative estimate of drug-likeness (QED) is 0.844. The fraction of sp³-hybridized carbons (Fsp3) is 0.462. The second-order valence-electron chi connectivity index (χ2n) is 4.40. The predicted octanol–water partition coefficient (Wildman–Crippen LogP) is 1.95. The van der Waals surface area contributed by atoms with Gasteiger partial charge in [-0.1, -0.05) is 6.07 Å². The van der Waals surface area contributed by atoms with Crippen molar-refractivity contribution in [3.05, 3.63) is 29.6 Å². The number of halogens is 3. The largest absolute Gasteiger partial charge is 0.434 e. The molecule has 0 spiro atoms. The standard InChI is InChI=1S/C13H17F3N2O3/c1-8(7-19)18(2)13(20)17-6-9-10(14)4-3-5-11(9)21-12(15)16/h3-5,8,12,19H,6-7H2,1-2H3,(H,17,20). The summed E-state index contributed by atoms with van der Waals surface area (Å²) in [6.07, 6.45) is 0. The molecule has 21 heavy (non-hydrogen) atoms. The molecule has 0 fully saturated rings. The first-order chi connectivity index (χ1) is 9.86. The fourth-order valence-electron chi connectivity index (χ4n) is 1.53. The molecule has 0 saturated carbocycles. The number of hydrogen-bond donors (Lipinski definition) is 2. The van der Waals surface area contributed by atoms with E-state index in [4.69, 9.17) is 5.11 Å². The summed E-state index contributed by atoms with van der Waals surface area (Å²) >= 11 is 0. The van der Waals surface area contributed by atoms with E-state index in [0.717, 1.165) is 6.07 Å². The number of aliphatic hydroxyl groups excluding tert-OH is 1. The number of likely N-dealkylation sites (N-methyl/N-ethyl adjacent to an activating group) is 1. The zero-order valence-electron chi connectivity index (χ0n) is 11.6. The van der Waals surface area contributed by atoms with Crippen LogP contribution in [0.1, 0.15) is 12.5 Å². The molecule has 1 atom stereocenters. The van der Waals surface area contributed by atoms with Gasteiger partial charge in [0.05, 0.1) is 19.2 Å². The third-order valence-electron chi connectivity index (χ3n) is 2.95. The van der Waals surface area contributed by atoms with Crippen LogP contribution in [-0.4, -0.2) is 42.3 Å². The Balaban J connectivity index is 2.77. The van der Waals surface area contributed by atoms with E-state index in [2.05, 4.69) is 10.1 Å². The molecule has 0 saturated heterocycles. The molecule has 0 radical (unpaired) electrons. The monoisotopic (exact) mass is 306 g/mol. The lowest BCUT2D eigenvalue weighted by atomic mass is 10.2. The van der Waals surface area contributed by atoms with Gasteiger partial charge in [0.15, 0.2) is 0 Å². The van der Waals surface area contributed by atoms with E-state index in [1.165, 1.54) is 24.1 Å². The van der Waals surface area contributed by atoms with Crippen molar-refractivity contribution in [2.45, 2.75) is 26.1 Å². The number of rotatable bonds is 6. The van der Waals surface area contributed by atoms with Crippen LogP contribution >= 0.6 is 0 Å². The summed E-state index contributed by atoms with van der Waals surface area (Å²) in [6.45, 7) is -2.01. The summed E-state index contributed by atoms with van der Waals surface area (Å²) in [4.78, 5) is 13.0. The lowest BCUT2D eigenvalue weighted by molar-refractivity contribution is -0.0506. The summed E-state index contributed by atoms with van der Waals surface area (Å²) in [5, 5.41) is 11.3. The number of hydrogen-bond acceptors (Lipinski definition) is 3. The molecule has 0 heterocycles. The van der Waals surface area contributed by atoms with Gasteiger partial charge >= 0.3 is 12.6 Å². The second-order valence-corrected chi connectivity index (χ2v) is 4.40. The molecule has 2 amide bonds. The van der Waals surface area contributed by atoms with Crippen LogP contribution in [0.15, 0.2) is 18.2 Å². The fourth-order valence-corrected chi connectivity index (χ4v) is 1.53. The molecule has 8 heteroatoms. The first-order valence-electron chi connectivity index (χ1n) is 6.20. The smallest absolute Gasteiger partial charge is 0.387 e. The number of carbonyl (C=O) groups excluding carboxylic acids is 1. The highest BCUT2D eigenvalue weighted by Crippen LogP contribution is 2.23. The number of amides is 2. The Morgan fingerprint density at radius 2 is 2.14 bits per heavy atom. The van der Waals surface area contributed by atoms with E-state index in [0.29, 0.717) is 0 Å². The summed E-state index contributed by atoms with van der Waals surface area (Å²) in [6, 6.07) is 2.51. The molecule has 1 aromatic rings. The number of nitrogens with zero attached hydrogens (tertiary/aromatic N) is 1. The molecule has 1 aromatic carbocycles. The third kappa shape index (κ3) is 4.82. The Bertz CT molecular complexity index is 486. The molecule has 5 nitrogen and oxygen atoms in total.